The Balaban J connectivity index is 2.43. The Morgan fingerprint density at radius 1 is 1.17 bits per heavy atom. The minimum atomic E-state index is 0.727. The fraction of sp³-hybridized carbons (Fsp3) is 0.143. The number of aromatic nitrogens is 1. The molecule has 0 aliphatic rings. The average molecular weight is 305 g/mol. The molecule has 0 unspecified atom stereocenters. The topological polar surface area (TPSA) is 34.5 Å². The molecular weight excluding hydrogens is 292 g/mol. The van der Waals surface area contributed by atoms with Crippen molar-refractivity contribution in [3.63, 3.8) is 0 Å². The van der Waals surface area contributed by atoms with Gasteiger partial charge in [0.1, 0.15) is 12.8 Å². The lowest BCUT2D eigenvalue weighted by Crippen LogP contribution is -2.06. The zero-order chi connectivity index (χ0) is 13.0. The monoisotopic (exact) mass is 304 g/mol. The summed E-state index contributed by atoms with van der Waals surface area (Å²) in [7, 11) is 1.53. The van der Waals surface area contributed by atoms with Crippen LogP contribution in [0.3, 0.4) is 0 Å². The van der Waals surface area contributed by atoms with E-state index in [2.05, 4.69) is 33.0 Å². The van der Waals surface area contributed by atoms with E-state index in [0.29, 0.717) is 0 Å². The zero-order valence-corrected chi connectivity index (χ0v) is 11.8. The molecule has 18 heavy (non-hydrogen) atoms. The van der Waals surface area contributed by atoms with Crippen LogP contribution in [0.2, 0.25) is 0 Å². The highest BCUT2D eigenvalue weighted by atomic mass is 79.9. The summed E-state index contributed by atoms with van der Waals surface area (Å²) in [4.78, 5) is 9.25. The highest BCUT2D eigenvalue weighted by molar-refractivity contribution is 9.10. The van der Waals surface area contributed by atoms with Crippen molar-refractivity contribution >= 4 is 21.6 Å². The summed E-state index contributed by atoms with van der Waals surface area (Å²) in [5.74, 6) is 0. The third kappa shape index (κ3) is 2.96. The van der Waals surface area contributed by atoms with Gasteiger partial charge in [0.25, 0.3) is 0 Å². The molecular formula is C14H13BrN2O. The van der Waals surface area contributed by atoms with Crippen LogP contribution in [0.1, 0.15) is 16.8 Å². The van der Waals surface area contributed by atoms with Crippen molar-refractivity contribution in [1.82, 2.24) is 4.98 Å². The lowest BCUT2D eigenvalue weighted by atomic mass is 10.1. The summed E-state index contributed by atoms with van der Waals surface area (Å²) >= 11 is 3.37. The van der Waals surface area contributed by atoms with Gasteiger partial charge in [-0.1, -0.05) is 35.0 Å². The fourth-order valence-electron chi connectivity index (χ4n) is 1.57. The van der Waals surface area contributed by atoms with Crippen molar-refractivity contribution in [2.24, 2.45) is 5.16 Å². The fourth-order valence-corrected chi connectivity index (χ4v) is 1.80. The van der Waals surface area contributed by atoms with Gasteiger partial charge in [-0.2, -0.15) is 0 Å². The number of hydrogen-bond donors (Lipinski definition) is 0. The van der Waals surface area contributed by atoms with Gasteiger partial charge in [-0.25, -0.2) is 0 Å². The minimum Gasteiger partial charge on any atom is -0.399 e. The van der Waals surface area contributed by atoms with E-state index in [1.165, 1.54) is 12.7 Å². The van der Waals surface area contributed by atoms with E-state index in [-0.39, 0.29) is 0 Å². The minimum absolute atomic E-state index is 0.727. The van der Waals surface area contributed by atoms with E-state index in [9.17, 15) is 0 Å². The SMILES string of the molecule is CON=C(c1ccc(C)cc1)c1ccc(Br)cn1. The average Bonchev–Trinajstić information content (AvgIpc) is 2.39. The molecule has 0 aliphatic carbocycles. The number of oxime groups is 1. The second kappa shape index (κ2) is 5.78. The third-order valence-electron chi connectivity index (χ3n) is 2.48. The standard InChI is InChI=1S/C14H13BrN2O/c1-10-3-5-11(6-4-10)14(17-18-2)13-8-7-12(15)9-16-13/h3-9H,1-2H3. The smallest absolute Gasteiger partial charge is 0.135 e. The van der Waals surface area contributed by atoms with Crippen LogP contribution in [0.15, 0.2) is 52.2 Å². The van der Waals surface area contributed by atoms with Crippen LogP contribution in [-0.2, 0) is 4.84 Å². The summed E-state index contributed by atoms with van der Waals surface area (Å²) in [6.07, 6.45) is 1.74. The molecule has 0 spiro atoms. The normalized spacial score (nSPS) is 11.4. The predicted molar refractivity (Wildman–Crippen MR) is 75.8 cm³/mol. The summed E-state index contributed by atoms with van der Waals surface area (Å²) in [6, 6.07) is 11.9. The van der Waals surface area contributed by atoms with E-state index >= 15 is 0 Å². The van der Waals surface area contributed by atoms with Gasteiger partial charge in [0.15, 0.2) is 0 Å². The molecule has 0 N–H and O–H groups in total. The Hall–Kier alpha value is -1.68. The second-order valence-corrected chi connectivity index (χ2v) is 4.77. The molecule has 0 atom stereocenters. The van der Waals surface area contributed by atoms with Crippen LogP contribution in [0.4, 0.5) is 0 Å². The van der Waals surface area contributed by atoms with E-state index in [4.69, 9.17) is 4.84 Å². The third-order valence-corrected chi connectivity index (χ3v) is 2.95. The van der Waals surface area contributed by atoms with Gasteiger partial charge < -0.3 is 4.84 Å². The number of nitrogens with zero attached hydrogens (tertiary/aromatic N) is 2. The number of pyridine rings is 1. The molecule has 0 saturated carbocycles. The first-order valence-corrected chi connectivity index (χ1v) is 6.30. The maximum absolute atomic E-state index is 4.91. The van der Waals surface area contributed by atoms with E-state index in [1.54, 1.807) is 6.20 Å². The number of halogens is 1. The first-order valence-electron chi connectivity index (χ1n) is 5.51. The molecule has 1 aromatic carbocycles. The number of aryl methyl sites for hydroxylation is 1. The van der Waals surface area contributed by atoms with Gasteiger partial charge in [0.05, 0.1) is 5.69 Å². The maximum atomic E-state index is 4.91. The highest BCUT2D eigenvalue weighted by Gasteiger charge is 2.09. The molecule has 0 fully saturated rings. The van der Waals surface area contributed by atoms with Crippen molar-refractivity contribution in [2.45, 2.75) is 6.92 Å². The molecule has 92 valence electrons. The van der Waals surface area contributed by atoms with Crippen molar-refractivity contribution in [2.75, 3.05) is 7.11 Å². The van der Waals surface area contributed by atoms with Crippen LogP contribution < -0.4 is 0 Å². The Labute approximate surface area is 115 Å². The Bertz CT molecular complexity index is 500. The summed E-state index contributed by atoms with van der Waals surface area (Å²) in [6.45, 7) is 2.05. The van der Waals surface area contributed by atoms with Crippen LogP contribution in [0.5, 0.6) is 0 Å². The van der Waals surface area contributed by atoms with Crippen LogP contribution in [0.25, 0.3) is 0 Å². The van der Waals surface area contributed by atoms with Gasteiger partial charge >= 0.3 is 0 Å². The van der Waals surface area contributed by atoms with Gasteiger partial charge in [0.2, 0.25) is 0 Å². The largest absolute Gasteiger partial charge is 0.399 e. The Kier molecular flexibility index (Phi) is 4.10. The number of hydrogen-bond acceptors (Lipinski definition) is 3. The van der Waals surface area contributed by atoms with Gasteiger partial charge in [0, 0.05) is 16.2 Å². The predicted octanol–water partition coefficient (Wildman–Crippen LogP) is 3.55. The van der Waals surface area contributed by atoms with E-state index < -0.39 is 0 Å². The molecule has 2 aromatic rings. The lowest BCUT2D eigenvalue weighted by molar-refractivity contribution is 0.214. The zero-order valence-electron chi connectivity index (χ0n) is 10.2. The second-order valence-electron chi connectivity index (χ2n) is 3.85. The molecule has 0 amide bonds. The van der Waals surface area contributed by atoms with Crippen LogP contribution in [-0.4, -0.2) is 17.8 Å². The maximum Gasteiger partial charge on any atom is 0.135 e. The van der Waals surface area contributed by atoms with Gasteiger partial charge in [-0.3, -0.25) is 4.98 Å². The van der Waals surface area contributed by atoms with Crippen molar-refractivity contribution in [1.29, 1.82) is 0 Å². The first-order chi connectivity index (χ1) is 8.70. The van der Waals surface area contributed by atoms with Crippen LogP contribution in [0, 0.1) is 6.92 Å². The summed E-state index contributed by atoms with van der Waals surface area (Å²) in [5, 5.41) is 4.06. The van der Waals surface area contributed by atoms with Crippen molar-refractivity contribution in [3.05, 3.63) is 63.9 Å². The number of benzene rings is 1. The molecule has 0 aliphatic heterocycles. The summed E-state index contributed by atoms with van der Waals surface area (Å²) < 4.78 is 0.937. The van der Waals surface area contributed by atoms with Gasteiger partial charge in [-0.15, -0.1) is 0 Å². The summed E-state index contributed by atoms with van der Waals surface area (Å²) in [5.41, 5.74) is 3.70. The molecule has 4 heteroatoms. The first kappa shape index (κ1) is 12.8. The van der Waals surface area contributed by atoms with Crippen molar-refractivity contribution < 1.29 is 4.84 Å². The van der Waals surface area contributed by atoms with Gasteiger partial charge in [-0.05, 0) is 35.0 Å². The Morgan fingerprint density at radius 3 is 2.44 bits per heavy atom. The van der Waals surface area contributed by atoms with E-state index in [1.807, 2.05) is 36.4 Å². The van der Waals surface area contributed by atoms with Crippen molar-refractivity contribution in [3.8, 4) is 0 Å². The molecule has 3 nitrogen and oxygen atoms in total. The highest BCUT2D eigenvalue weighted by Crippen LogP contribution is 2.13. The van der Waals surface area contributed by atoms with Crippen LogP contribution >= 0.6 is 15.9 Å². The van der Waals surface area contributed by atoms with E-state index in [0.717, 1.165) is 21.4 Å². The quantitative estimate of drug-likeness (QED) is 0.642. The molecule has 1 aromatic heterocycles. The molecule has 0 saturated heterocycles. The molecule has 1 heterocycles. The molecule has 0 radical (unpaired) electrons. The Morgan fingerprint density at radius 2 is 1.89 bits per heavy atom. The lowest BCUT2D eigenvalue weighted by Gasteiger charge is -2.06. The number of rotatable bonds is 3. The molecule has 0 bridgehead atoms. The molecule has 2 rings (SSSR count).